The lowest BCUT2D eigenvalue weighted by Crippen LogP contribution is -2.42. The van der Waals surface area contributed by atoms with E-state index in [0.29, 0.717) is 31.0 Å². The lowest BCUT2D eigenvalue weighted by Gasteiger charge is -2.31. The van der Waals surface area contributed by atoms with Crippen molar-refractivity contribution in [3.8, 4) is 17.6 Å². The smallest absolute Gasteiger partial charge is 0.269 e. The van der Waals surface area contributed by atoms with Gasteiger partial charge in [-0.3, -0.25) is 9.59 Å². The van der Waals surface area contributed by atoms with Gasteiger partial charge in [-0.1, -0.05) is 18.9 Å². The summed E-state index contributed by atoms with van der Waals surface area (Å²) in [6.07, 6.45) is 4.17. The van der Waals surface area contributed by atoms with E-state index in [-0.39, 0.29) is 23.4 Å². The molecule has 0 atom stereocenters. The number of carbonyl (C=O) groups excluding carboxylic acids is 1. The molecule has 4 rings (SSSR count). The molecule has 0 bridgehead atoms. The number of nitrogens with one attached hydrogen (secondary N) is 1. The topological polar surface area (TPSA) is 93.3 Å². The van der Waals surface area contributed by atoms with Crippen LogP contribution in [0, 0.1) is 25.2 Å². The third kappa shape index (κ3) is 4.02. The minimum absolute atomic E-state index is 0.0851. The van der Waals surface area contributed by atoms with Gasteiger partial charge in [-0.05, 0) is 56.0 Å². The van der Waals surface area contributed by atoms with Gasteiger partial charge in [0.05, 0.1) is 0 Å². The molecule has 1 aliphatic carbocycles. The molecule has 1 amide bonds. The van der Waals surface area contributed by atoms with Gasteiger partial charge in [0, 0.05) is 17.7 Å². The van der Waals surface area contributed by atoms with Crippen LogP contribution in [-0.2, 0) is 16.8 Å². The summed E-state index contributed by atoms with van der Waals surface area (Å²) in [7, 11) is 0. The molecular formula is C24H27N3O4. The zero-order valence-corrected chi connectivity index (χ0v) is 18.0. The number of hydrogen-bond acceptors (Lipinski definition) is 5. The predicted molar refractivity (Wildman–Crippen MR) is 115 cm³/mol. The van der Waals surface area contributed by atoms with Crippen molar-refractivity contribution in [2.24, 2.45) is 0 Å². The Bertz CT molecular complexity index is 1110. The number of aromatic nitrogens is 1. The van der Waals surface area contributed by atoms with Crippen LogP contribution >= 0.6 is 0 Å². The molecule has 1 aromatic carbocycles. The fourth-order valence-corrected chi connectivity index (χ4v) is 4.72. The Morgan fingerprint density at radius 3 is 2.58 bits per heavy atom. The molecule has 2 heterocycles. The van der Waals surface area contributed by atoms with E-state index in [2.05, 4.69) is 11.4 Å². The maximum Gasteiger partial charge on any atom is 0.269 e. The van der Waals surface area contributed by atoms with E-state index in [0.717, 1.165) is 42.7 Å². The summed E-state index contributed by atoms with van der Waals surface area (Å²) in [4.78, 5) is 25.4. The second kappa shape index (κ2) is 8.46. The van der Waals surface area contributed by atoms with E-state index in [1.54, 1.807) is 19.9 Å². The van der Waals surface area contributed by atoms with Crippen LogP contribution in [-0.4, -0.2) is 30.2 Å². The maximum atomic E-state index is 12.8. The van der Waals surface area contributed by atoms with E-state index < -0.39 is 5.56 Å². The molecule has 1 aliphatic heterocycles. The number of rotatable bonds is 5. The van der Waals surface area contributed by atoms with Crippen molar-refractivity contribution >= 4 is 5.91 Å². The minimum atomic E-state index is -0.419. The Labute approximate surface area is 181 Å². The summed E-state index contributed by atoms with van der Waals surface area (Å²) >= 11 is 0. The van der Waals surface area contributed by atoms with Crippen LogP contribution in [0.2, 0.25) is 0 Å². The van der Waals surface area contributed by atoms with Crippen molar-refractivity contribution in [1.82, 2.24) is 9.88 Å². The molecule has 31 heavy (non-hydrogen) atoms. The zero-order valence-electron chi connectivity index (χ0n) is 18.0. The fourth-order valence-electron chi connectivity index (χ4n) is 4.72. The maximum absolute atomic E-state index is 12.8. The van der Waals surface area contributed by atoms with Crippen LogP contribution in [0.15, 0.2) is 29.1 Å². The van der Waals surface area contributed by atoms with Gasteiger partial charge in [0.1, 0.15) is 31.4 Å². The van der Waals surface area contributed by atoms with Gasteiger partial charge in [0.2, 0.25) is 5.91 Å². The number of carbonyl (C=O) groups is 1. The average Bonchev–Trinajstić information content (AvgIpc) is 3.25. The molecule has 0 spiro atoms. The first-order valence-electron chi connectivity index (χ1n) is 10.7. The van der Waals surface area contributed by atoms with E-state index >= 15 is 0 Å². The monoisotopic (exact) mass is 421 g/mol. The Morgan fingerprint density at radius 2 is 1.87 bits per heavy atom. The van der Waals surface area contributed by atoms with Crippen molar-refractivity contribution < 1.29 is 14.3 Å². The first-order valence-corrected chi connectivity index (χ1v) is 10.7. The van der Waals surface area contributed by atoms with Crippen LogP contribution in [0.1, 0.15) is 48.1 Å². The summed E-state index contributed by atoms with van der Waals surface area (Å²) in [6, 6.07) is 9.77. The van der Waals surface area contributed by atoms with Crippen LogP contribution in [0.3, 0.4) is 0 Å². The first-order chi connectivity index (χ1) is 14.9. The van der Waals surface area contributed by atoms with Crippen LogP contribution < -0.4 is 20.3 Å². The van der Waals surface area contributed by atoms with Crippen LogP contribution in [0.4, 0.5) is 0 Å². The van der Waals surface area contributed by atoms with Crippen molar-refractivity contribution in [3.05, 3.63) is 57.0 Å². The highest BCUT2D eigenvalue weighted by Crippen LogP contribution is 2.43. The Balaban J connectivity index is 1.52. The van der Waals surface area contributed by atoms with Crippen molar-refractivity contribution in [1.29, 1.82) is 5.26 Å². The number of nitriles is 1. The first kappa shape index (κ1) is 21.0. The predicted octanol–water partition coefficient (Wildman–Crippen LogP) is 2.74. The third-order valence-electron chi connectivity index (χ3n) is 6.46. The lowest BCUT2D eigenvalue weighted by atomic mass is 9.78. The van der Waals surface area contributed by atoms with Gasteiger partial charge in [-0.25, -0.2) is 0 Å². The Hall–Kier alpha value is -3.27. The molecule has 1 fully saturated rings. The van der Waals surface area contributed by atoms with E-state index in [1.165, 1.54) is 4.57 Å². The number of fused-ring (bicyclic) bond motifs is 1. The van der Waals surface area contributed by atoms with E-state index in [1.807, 2.05) is 18.2 Å². The van der Waals surface area contributed by atoms with Gasteiger partial charge in [-0.15, -0.1) is 0 Å². The molecule has 0 radical (unpaired) electrons. The Morgan fingerprint density at radius 1 is 1.16 bits per heavy atom. The largest absolute Gasteiger partial charge is 0.486 e. The molecule has 0 unspecified atom stereocenters. The molecule has 0 saturated heterocycles. The summed E-state index contributed by atoms with van der Waals surface area (Å²) in [5, 5.41) is 12.3. The number of aryl methyl sites for hydroxylation is 2. The molecule has 162 valence electrons. The number of ether oxygens (including phenoxy) is 2. The fraction of sp³-hybridized carbons (Fsp3) is 0.458. The van der Waals surface area contributed by atoms with Gasteiger partial charge in [0.15, 0.2) is 11.5 Å². The van der Waals surface area contributed by atoms with Crippen molar-refractivity contribution in [3.63, 3.8) is 0 Å². The van der Waals surface area contributed by atoms with E-state index in [4.69, 9.17) is 9.47 Å². The molecule has 1 aromatic heterocycles. The summed E-state index contributed by atoms with van der Waals surface area (Å²) in [5.41, 5.74) is 1.95. The van der Waals surface area contributed by atoms with Gasteiger partial charge < -0.3 is 19.4 Å². The summed E-state index contributed by atoms with van der Waals surface area (Å²) in [6.45, 7) is 4.99. The van der Waals surface area contributed by atoms with Crippen molar-refractivity contribution in [2.45, 2.75) is 51.5 Å². The second-order valence-corrected chi connectivity index (χ2v) is 8.47. The standard InChI is InChI=1S/C24H27N3O4/c1-16-11-17(2)27(23(29)19(16)13-25)14-22(28)26-15-24(7-3-4-8-24)18-5-6-20-21(12-18)31-10-9-30-20/h5-6,11-12H,3-4,7-10,14-15H2,1-2H3,(H,26,28). The number of amides is 1. The van der Waals surface area contributed by atoms with E-state index in [9.17, 15) is 14.9 Å². The molecule has 1 N–H and O–H groups in total. The number of benzene rings is 1. The average molecular weight is 421 g/mol. The highest BCUT2D eigenvalue weighted by atomic mass is 16.6. The third-order valence-corrected chi connectivity index (χ3v) is 6.46. The highest BCUT2D eigenvalue weighted by molar-refractivity contribution is 5.76. The number of nitrogens with zero attached hydrogens (tertiary/aromatic N) is 2. The zero-order chi connectivity index (χ0) is 22.0. The van der Waals surface area contributed by atoms with Gasteiger partial charge in [-0.2, -0.15) is 5.26 Å². The lowest BCUT2D eigenvalue weighted by molar-refractivity contribution is -0.122. The summed E-state index contributed by atoms with van der Waals surface area (Å²) in [5.74, 6) is 1.28. The normalized spacial score (nSPS) is 16.5. The quantitative estimate of drug-likeness (QED) is 0.801. The summed E-state index contributed by atoms with van der Waals surface area (Å²) < 4.78 is 12.8. The molecule has 7 heteroatoms. The second-order valence-electron chi connectivity index (χ2n) is 8.47. The van der Waals surface area contributed by atoms with Crippen molar-refractivity contribution in [2.75, 3.05) is 19.8 Å². The van der Waals surface area contributed by atoms with Crippen LogP contribution in [0.5, 0.6) is 11.5 Å². The molecule has 2 aliphatic rings. The molecule has 1 saturated carbocycles. The number of pyridine rings is 1. The molecule has 2 aromatic rings. The Kier molecular flexibility index (Phi) is 5.73. The van der Waals surface area contributed by atoms with Gasteiger partial charge >= 0.3 is 0 Å². The molecular weight excluding hydrogens is 394 g/mol. The van der Waals surface area contributed by atoms with Crippen LogP contribution in [0.25, 0.3) is 0 Å². The SMILES string of the molecule is Cc1cc(C)n(CC(=O)NCC2(c3ccc4c(c3)OCCO4)CCCC2)c(=O)c1C#N. The number of hydrogen-bond donors (Lipinski definition) is 1. The van der Waals surface area contributed by atoms with Gasteiger partial charge in [0.25, 0.3) is 5.56 Å². The highest BCUT2D eigenvalue weighted by Gasteiger charge is 2.36. The molecule has 7 nitrogen and oxygen atoms in total. The minimum Gasteiger partial charge on any atom is -0.486 e.